The van der Waals surface area contributed by atoms with E-state index < -0.39 is 35.0 Å². The summed E-state index contributed by atoms with van der Waals surface area (Å²) in [5.74, 6) is -0.638. The summed E-state index contributed by atoms with van der Waals surface area (Å²) in [6, 6.07) is 15.6. The number of imidazole rings is 1. The number of aromatic hydroxyl groups is 1. The van der Waals surface area contributed by atoms with Crippen LogP contribution in [0, 0.1) is 0 Å². The maximum Gasteiger partial charge on any atom is 0.420 e. The van der Waals surface area contributed by atoms with Gasteiger partial charge in [-0.1, -0.05) is 6.07 Å². The molecule has 14 heteroatoms. The van der Waals surface area contributed by atoms with Crippen molar-refractivity contribution in [2.75, 3.05) is 5.73 Å². The molecule has 230 valence electrons. The molecular formula is C32H23F3N8O3. The standard InChI is InChI=1S/C32H23F3N8O3/c33-32(34,35)23-15-18(13-19(16-44)27(23)45)31(46)40-24-7-4-17-14-20(5-6-21(17)24)43-29(22-3-1-10-37-28(22)36)39-25-8-9-26(41-30(25)43)42-12-2-11-38-42/h1-3,5-6,8-16,24,45H,4,7H2,(H2,36,37)(H,40,46)/t24-/m0/s1. The number of halogens is 3. The molecule has 7 rings (SSSR count). The number of aromatic nitrogens is 6. The first-order valence-corrected chi connectivity index (χ1v) is 14.1. The van der Waals surface area contributed by atoms with Crippen LogP contribution in [0.2, 0.25) is 0 Å². The van der Waals surface area contributed by atoms with Crippen molar-refractivity contribution in [2.45, 2.75) is 25.1 Å². The summed E-state index contributed by atoms with van der Waals surface area (Å²) >= 11 is 0. The highest BCUT2D eigenvalue weighted by Gasteiger charge is 2.36. The van der Waals surface area contributed by atoms with Gasteiger partial charge in [-0.15, -0.1) is 0 Å². The first-order chi connectivity index (χ1) is 22.1. The van der Waals surface area contributed by atoms with Gasteiger partial charge in [-0.2, -0.15) is 18.3 Å². The molecule has 4 heterocycles. The van der Waals surface area contributed by atoms with E-state index in [4.69, 9.17) is 15.7 Å². The fraction of sp³-hybridized carbons (Fsp3) is 0.125. The number of anilines is 1. The van der Waals surface area contributed by atoms with E-state index in [0.717, 1.165) is 22.9 Å². The van der Waals surface area contributed by atoms with Gasteiger partial charge in [0, 0.05) is 29.8 Å². The smallest absolute Gasteiger partial charge is 0.420 e. The predicted molar refractivity (Wildman–Crippen MR) is 161 cm³/mol. The Balaban J connectivity index is 1.27. The first kappa shape index (κ1) is 28.7. The van der Waals surface area contributed by atoms with E-state index in [-0.39, 0.29) is 17.7 Å². The Morgan fingerprint density at radius 1 is 1.07 bits per heavy atom. The van der Waals surface area contributed by atoms with Gasteiger partial charge in [0.1, 0.15) is 17.1 Å². The lowest BCUT2D eigenvalue weighted by Gasteiger charge is -2.17. The largest absolute Gasteiger partial charge is 0.507 e. The topological polar surface area (TPSA) is 154 Å². The number of aryl methyl sites for hydroxylation is 1. The van der Waals surface area contributed by atoms with Crippen molar-refractivity contribution >= 4 is 29.2 Å². The van der Waals surface area contributed by atoms with Crippen molar-refractivity contribution in [1.29, 1.82) is 0 Å². The van der Waals surface area contributed by atoms with Gasteiger partial charge in [0.15, 0.2) is 23.6 Å². The van der Waals surface area contributed by atoms with Crippen LogP contribution in [0.3, 0.4) is 0 Å². The molecule has 1 atom stereocenters. The summed E-state index contributed by atoms with van der Waals surface area (Å²) in [5.41, 5.74) is 7.97. The lowest BCUT2D eigenvalue weighted by molar-refractivity contribution is -0.138. The van der Waals surface area contributed by atoms with Crippen LogP contribution in [0.15, 0.2) is 79.3 Å². The number of hydrogen-bond acceptors (Lipinski definition) is 8. The third-order valence-corrected chi connectivity index (χ3v) is 7.91. The van der Waals surface area contributed by atoms with Crippen LogP contribution in [0.4, 0.5) is 19.0 Å². The molecule has 2 aromatic carbocycles. The van der Waals surface area contributed by atoms with Gasteiger partial charge in [0.2, 0.25) is 0 Å². The van der Waals surface area contributed by atoms with Crippen molar-refractivity contribution in [1.82, 2.24) is 34.6 Å². The third kappa shape index (κ3) is 4.89. The average Bonchev–Trinajstić information content (AvgIpc) is 3.79. The summed E-state index contributed by atoms with van der Waals surface area (Å²) in [6.45, 7) is 0. The van der Waals surface area contributed by atoms with E-state index in [1.54, 1.807) is 35.4 Å². The zero-order chi connectivity index (χ0) is 32.2. The van der Waals surface area contributed by atoms with Crippen LogP contribution in [0.25, 0.3) is 34.1 Å². The van der Waals surface area contributed by atoms with E-state index in [1.165, 1.54) is 0 Å². The van der Waals surface area contributed by atoms with Gasteiger partial charge in [-0.25, -0.2) is 19.6 Å². The Bertz CT molecular complexity index is 2160. The number of benzene rings is 2. The molecule has 0 aliphatic heterocycles. The van der Waals surface area contributed by atoms with Crippen LogP contribution >= 0.6 is 0 Å². The number of rotatable bonds is 6. The lowest BCUT2D eigenvalue weighted by Crippen LogP contribution is -2.27. The number of phenolic OH excluding ortho intramolecular Hbond substituents is 1. The lowest BCUT2D eigenvalue weighted by atomic mass is 10.0. The Morgan fingerprint density at radius 2 is 1.91 bits per heavy atom. The summed E-state index contributed by atoms with van der Waals surface area (Å²) in [4.78, 5) is 38.4. The SMILES string of the molecule is Nc1ncccc1-c1nc2ccc(-n3cccn3)nc2n1-c1ccc2c(c1)CC[C@@H]2NC(=O)c1cc(C=O)c(O)c(C(F)(F)F)c1. The van der Waals surface area contributed by atoms with Crippen molar-refractivity contribution < 1.29 is 27.9 Å². The van der Waals surface area contributed by atoms with Crippen molar-refractivity contribution in [3.63, 3.8) is 0 Å². The summed E-state index contributed by atoms with van der Waals surface area (Å²) in [5, 5.41) is 16.9. The van der Waals surface area contributed by atoms with Crippen LogP contribution in [0.1, 0.15) is 49.9 Å². The van der Waals surface area contributed by atoms with Gasteiger partial charge in [-0.05, 0) is 78.6 Å². The number of hydrogen-bond donors (Lipinski definition) is 3. The number of nitrogens with one attached hydrogen (secondary N) is 1. The Morgan fingerprint density at radius 3 is 2.65 bits per heavy atom. The highest BCUT2D eigenvalue weighted by atomic mass is 19.4. The van der Waals surface area contributed by atoms with E-state index in [9.17, 15) is 27.9 Å². The minimum Gasteiger partial charge on any atom is -0.507 e. The molecule has 4 N–H and O–H groups in total. The molecule has 1 amide bonds. The molecule has 4 aromatic heterocycles. The molecule has 0 fully saturated rings. The third-order valence-electron chi connectivity index (χ3n) is 7.91. The molecule has 0 bridgehead atoms. The number of phenols is 1. The number of nitrogens with zero attached hydrogens (tertiary/aromatic N) is 6. The van der Waals surface area contributed by atoms with Crippen molar-refractivity contribution in [3.05, 3.63) is 107 Å². The zero-order valence-corrected chi connectivity index (χ0v) is 23.7. The number of nitrogens with two attached hydrogens (primary N) is 1. The Labute approximate surface area is 258 Å². The number of fused-ring (bicyclic) bond motifs is 2. The Hall–Kier alpha value is -6.05. The fourth-order valence-electron chi connectivity index (χ4n) is 5.74. The van der Waals surface area contributed by atoms with E-state index in [2.05, 4.69) is 15.4 Å². The highest BCUT2D eigenvalue weighted by Crippen LogP contribution is 2.39. The molecule has 0 spiro atoms. The molecule has 0 saturated carbocycles. The van der Waals surface area contributed by atoms with Gasteiger partial charge < -0.3 is 16.2 Å². The quantitative estimate of drug-likeness (QED) is 0.214. The fourth-order valence-corrected chi connectivity index (χ4v) is 5.74. The molecule has 0 radical (unpaired) electrons. The number of alkyl halides is 3. The number of amides is 1. The molecule has 1 aliphatic carbocycles. The molecule has 46 heavy (non-hydrogen) atoms. The van der Waals surface area contributed by atoms with Gasteiger partial charge in [0.25, 0.3) is 5.91 Å². The molecule has 6 aromatic rings. The monoisotopic (exact) mass is 624 g/mol. The zero-order valence-electron chi connectivity index (χ0n) is 23.7. The average molecular weight is 625 g/mol. The minimum atomic E-state index is -4.96. The normalized spacial score (nSPS) is 14.4. The second-order valence-electron chi connectivity index (χ2n) is 10.7. The number of pyridine rings is 2. The van der Waals surface area contributed by atoms with E-state index >= 15 is 0 Å². The molecule has 0 unspecified atom stereocenters. The van der Waals surface area contributed by atoms with Gasteiger partial charge in [-0.3, -0.25) is 14.2 Å². The molecule has 1 aliphatic rings. The number of carbonyl (C=O) groups is 2. The second kappa shape index (κ2) is 10.8. The molecule has 0 saturated heterocycles. The summed E-state index contributed by atoms with van der Waals surface area (Å²) in [7, 11) is 0. The van der Waals surface area contributed by atoms with Crippen LogP contribution < -0.4 is 11.1 Å². The number of aldehydes is 1. The first-order valence-electron chi connectivity index (χ1n) is 14.1. The molecular weight excluding hydrogens is 601 g/mol. The maximum atomic E-state index is 13.5. The highest BCUT2D eigenvalue weighted by molar-refractivity contribution is 5.97. The molecule has 11 nitrogen and oxygen atoms in total. The van der Waals surface area contributed by atoms with Crippen molar-refractivity contribution in [2.24, 2.45) is 0 Å². The van der Waals surface area contributed by atoms with Crippen LogP contribution in [0.5, 0.6) is 5.75 Å². The van der Waals surface area contributed by atoms with E-state index in [0.29, 0.717) is 47.3 Å². The predicted octanol–water partition coefficient (Wildman–Crippen LogP) is 5.20. The van der Waals surface area contributed by atoms with Crippen LogP contribution in [-0.2, 0) is 12.6 Å². The Kier molecular flexibility index (Phi) is 6.76. The van der Waals surface area contributed by atoms with Crippen molar-refractivity contribution in [3.8, 4) is 28.6 Å². The van der Waals surface area contributed by atoms with Crippen LogP contribution in [-0.4, -0.2) is 46.6 Å². The second-order valence-corrected chi connectivity index (χ2v) is 10.7. The minimum absolute atomic E-state index is 0.0772. The summed E-state index contributed by atoms with van der Waals surface area (Å²) in [6.07, 6.45) is 1.20. The number of carbonyl (C=O) groups excluding carboxylic acids is 2. The maximum absolute atomic E-state index is 13.5. The van der Waals surface area contributed by atoms with E-state index in [1.807, 2.05) is 41.0 Å². The number of nitrogen functional groups attached to an aromatic ring is 1. The van der Waals surface area contributed by atoms with Gasteiger partial charge in [0.05, 0.1) is 22.7 Å². The summed E-state index contributed by atoms with van der Waals surface area (Å²) < 4.78 is 44.0. The van der Waals surface area contributed by atoms with Gasteiger partial charge >= 0.3 is 6.18 Å².